The number of carbonyl (C=O) groups excluding carboxylic acids is 1. The van der Waals surface area contributed by atoms with E-state index in [0.717, 1.165) is 37.4 Å². The van der Waals surface area contributed by atoms with E-state index < -0.39 is 0 Å². The minimum absolute atomic E-state index is 0.112. The summed E-state index contributed by atoms with van der Waals surface area (Å²) in [6.07, 6.45) is 5.26. The third kappa shape index (κ3) is 2.88. The molecule has 3 heterocycles. The maximum atomic E-state index is 12.9. The van der Waals surface area contributed by atoms with Gasteiger partial charge in [-0.15, -0.1) is 0 Å². The standard InChI is InChI=1S/C16H24N4O/c1-12-9-15(17-2)14(10-18-12)16(21)20-8-4-7-19-6-3-5-13(19)11-20/h9-10,13H,3-8,11H2,1-2H3,(H,17,18). The van der Waals surface area contributed by atoms with Crippen molar-refractivity contribution in [2.24, 2.45) is 0 Å². The van der Waals surface area contributed by atoms with E-state index in [4.69, 9.17) is 0 Å². The Balaban J connectivity index is 1.81. The Morgan fingerprint density at radius 1 is 1.33 bits per heavy atom. The molecule has 0 aromatic carbocycles. The predicted molar refractivity (Wildman–Crippen MR) is 83.6 cm³/mol. The first-order valence-corrected chi connectivity index (χ1v) is 7.87. The summed E-state index contributed by atoms with van der Waals surface area (Å²) < 4.78 is 0. The van der Waals surface area contributed by atoms with Gasteiger partial charge in [0.25, 0.3) is 5.91 Å². The number of nitrogens with zero attached hydrogens (tertiary/aromatic N) is 3. The van der Waals surface area contributed by atoms with Gasteiger partial charge in [0.2, 0.25) is 0 Å². The van der Waals surface area contributed by atoms with Crippen LogP contribution in [-0.4, -0.2) is 60.0 Å². The molecule has 2 aliphatic rings. The number of aryl methyl sites for hydroxylation is 1. The van der Waals surface area contributed by atoms with Crippen LogP contribution in [0.5, 0.6) is 0 Å². The van der Waals surface area contributed by atoms with Crippen LogP contribution in [0.1, 0.15) is 35.3 Å². The molecule has 1 aromatic heterocycles. The van der Waals surface area contributed by atoms with E-state index in [0.29, 0.717) is 11.6 Å². The van der Waals surface area contributed by atoms with Crippen molar-refractivity contribution < 1.29 is 4.79 Å². The molecule has 0 spiro atoms. The molecular weight excluding hydrogens is 264 g/mol. The number of carbonyl (C=O) groups is 1. The molecule has 1 unspecified atom stereocenters. The fraction of sp³-hybridized carbons (Fsp3) is 0.625. The molecule has 2 aliphatic heterocycles. The first kappa shape index (κ1) is 14.3. The molecular formula is C16H24N4O. The van der Waals surface area contributed by atoms with E-state index in [1.54, 1.807) is 6.20 Å². The molecule has 5 nitrogen and oxygen atoms in total. The van der Waals surface area contributed by atoms with Gasteiger partial charge in [0.05, 0.1) is 11.3 Å². The van der Waals surface area contributed by atoms with Crippen LogP contribution in [0.25, 0.3) is 0 Å². The number of hydrogen-bond acceptors (Lipinski definition) is 4. The molecule has 3 rings (SSSR count). The largest absolute Gasteiger partial charge is 0.387 e. The van der Waals surface area contributed by atoms with Crippen molar-refractivity contribution in [1.29, 1.82) is 0 Å². The van der Waals surface area contributed by atoms with E-state index in [1.165, 1.54) is 19.4 Å². The number of fused-ring (bicyclic) bond motifs is 1. The molecule has 0 saturated carbocycles. The van der Waals surface area contributed by atoms with Gasteiger partial charge in [0, 0.05) is 44.6 Å². The van der Waals surface area contributed by atoms with Crippen molar-refractivity contribution in [3.63, 3.8) is 0 Å². The van der Waals surface area contributed by atoms with Crippen LogP contribution >= 0.6 is 0 Å². The van der Waals surface area contributed by atoms with Crippen LogP contribution in [0, 0.1) is 6.92 Å². The summed E-state index contributed by atoms with van der Waals surface area (Å²) in [6, 6.07) is 2.49. The molecule has 1 atom stereocenters. The van der Waals surface area contributed by atoms with Crippen LogP contribution in [0.15, 0.2) is 12.3 Å². The minimum atomic E-state index is 0.112. The quantitative estimate of drug-likeness (QED) is 0.900. The number of hydrogen-bond donors (Lipinski definition) is 1. The van der Waals surface area contributed by atoms with Crippen molar-refractivity contribution in [2.45, 2.75) is 32.2 Å². The van der Waals surface area contributed by atoms with Crippen LogP contribution in [0.4, 0.5) is 5.69 Å². The number of anilines is 1. The topological polar surface area (TPSA) is 48.5 Å². The number of amides is 1. The lowest BCUT2D eigenvalue weighted by Gasteiger charge is -2.26. The summed E-state index contributed by atoms with van der Waals surface area (Å²) in [7, 11) is 1.85. The molecule has 2 fully saturated rings. The molecule has 114 valence electrons. The van der Waals surface area contributed by atoms with Gasteiger partial charge in [-0.3, -0.25) is 14.7 Å². The van der Waals surface area contributed by atoms with E-state index in [-0.39, 0.29) is 5.91 Å². The number of rotatable bonds is 2. The molecule has 2 saturated heterocycles. The minimum Gasteiger partial charge on any atom is -0.387 e. The summed E-state index contributed by atoms with van der Waals surface area (Å²) in [6.45, 7) is 5.97. The maximum absolute atomic E-state index is 12.9. The SMILES string of the molecule is CNc1cc(C)ncc1C(=O)N1CCCN2CCCC2C1. The fourth-order valence-corrected chi connectivity index (χ4v) is 3.50. The highest BCUT2D eigenvalue weighted by Gasteiger charge is 2.31. The van der Waals surface area contributed by atoms with Gasteiger partial charge < -0.3 is 10.2 Å². The molecule has 21 heavy (non-hydrogen) atoms. The Bertz CT molecular complexity index is 531. The summed E-state index contributed by atoms with van der Waals surface area (Å²) in [5, 5.41) is 3.12. The van der Waals surface area contributed by atoms with Crippen LogP contribution in [0.3, 0.4) is 0 Å². The van der Waals surface area contributed by atoms with Gasteiger partial charge in [0.15, 0.2) is 0 Å². The van der Waals surface area contributed by atoms with Crippen molar-refractivity contribution in [1.82, 2.24) is 14.8 Å². The maximum Gasteiger partial charge on any atom is 0.257 e. The third-order valence-corrected chi connectivity index (χ3v) is 4.63. The highest BCUT2D eigenvalue weighted by atomic mass is 16.2. The molecule has 1 amide bonds. The van der Waals surface area contributed by atoms with E-state index in [1.807, 2.05) is 24.9 Å². The van der Waals surface area contributed by atoms with Gasteiger partial charge in [0.1, 0.15) is 0 Å². The van der Waals surface area contributed by atoms with Crippen molar-refractivity contribution >= 4 is 11.6 Å². The zero-order valence-electron chi connectivity index (χ0n) is 12.9. The summed E-state index contributed by atoms with van der Waals surface area (Å²) >= 11 is 0. The van der Waals surface area contributed by atoms with Crippen molar-refractivity contribution in [2.75, 3.05) is 38.5 Å². The molecule has 0 radical (unpaired) electrons. The Hall–Kier alpha value is -1.62. The van der Waals surface area contributed by atoms with Crippen molar-refractivity contribution in [3.05, 3.63) is 23.5 Å². The van der Waals surface area contributed by atoms with Gasteiger partial charge in [-0.25, -0.2) is 0 Å². The Morgan fingerprint density at radius 2 is 2.14 bits per heavy atom. The monoisotopic (exact) mass is 288 g/mol. The van der Waals surface area contributed by atoms with Gasteiger partial charge >= 0.3 is 0 Å². The summed E-state index contributed by atoms with van der Waals surface area (Å²) in [4.78, 5) is 21.7. The van der Waals surface area contributed by atoms with Crippen LogP contribution < -0.4 is 5.32 Å². The average Bonchev–Trinajstić information content (AvgIpc) is 2.83. The second-order valence-corrected chi connectivity index (χ2v) is 6.06. The zero-order chi connectivity index (χ0) is 14.8. The number of nitrogens with one attached hydrogen (secondary N) is 1. The van der Waals surface area contributed by atoms with E-state index in [9.17, 15) is 4.79 Å². The van der Waals surface area contributed by atoms with Gasteiger partial charge in [-0.2, -0.15) is 0 Å². The Kier molecular flexibility index (Phi) is 4.10. The highest BCUT2D eigenvalue weighted by Crippen LogP contribution is 2.24. The second-order valence-electron chi connectivity index (χ2n) is 6.06. The van der Waals surface area contributed by atoms with Crippen molar-refractivity contribution in [3.8, 4) is 0 Å². The first-order chi connectivity index (χ1) is 10.2. The van der Waals surface area contributed by atoms with E-state index in [2.05, 4.69) is 15.2 Å². The second kappa shape index (κ2) is 6.02. The van der Waals surface area contributed by atoms with Gasteiger partial charge in [-0.1, -0.05) is 0 Å². The van der Waals surface area contributed by atoms with Gasteiger partial charge in [-0.05, 0) is 38.8 Å². The molecule has 5 heteroatoms. The average molecular weight is 288 g/mol. The molecule has 1 N–H and O–H groups in total. The first-order valence-electron chi connectivity index (χ1n) is 7.87. The van der Waals surface area contributed by atoms with Crippen LogP contribution in [-0.2, 0) is 0 Å². The third-order valence-electron chi connectivity index (χ3n) is 4.63. The smallest absolute Gasteiger partial charge is 0.257 e. The summed E-state index contributed by atoms with van der Waals surface area (Å²) in [5.41, 5.74) is 2.49. The fourth-order valence-electron chi connectivity index (χ4n) is 3.50. The lowest BCUT2D eigenvalue weighted by Crippen LogP contribution is -2.39. The highest BCUT2D eigenvalue weighted by molar-refractivity contribution is 5.99. The zero-order valence-corrected chi connectivity index (χ0v) is 12.9. The normalized spacial score (nSPS) is 22.8. The van der Waals surface area contributed by atoms with Crippen LogP contribution in [0.2, 0.25) is 0 Å². The number of aromatic nitrogens is 1. The molecule has 1 aromatic rings. The molecule has 0 bridgehead atoms. The summed E-state index contributed by atoms with van der Waals surface area (Å²) in [5.74, 6) is 0.112. The lowest BCUT2D eigenvalue weighted by atomic mass is 10.1. The Morgan fingerprint density at radius 3 is 2.95 bits per heavy atom. The molecule has 0 aliphatic carbocycles. The lowest BCUT2D eigenvalue weighted by molar-refractivity contribution is 0.0744. The van der Waals surface area contributed by atoms with E-state index >= 15 is 0 Å². The number of pyridine rings is 1. The Labute approximate surface area is 126 Å². The predicted octanol–water partition coefficient (Wildman–Crippen LogP) is 1.74.